The van der Waals surface area contributed by atoms with Crippen molar-refractivity contribution in [1.29, 1.82) is 0 Å². The molecule has 2 heterocycles. The Labute approximate surface area is 97.8 Å². The van der Waals surface area contributed by atoms with Gasteiger partial charge in [0.25, 0.3) is 0 Å². The van der Waals surface area contributed by atoms with Gasteiger partial charge in [0.1, 0.15) is 0 Å². The van der Waals surface area contributed by atoms with Gasteiger partial charge in [-0.25, -0.2) is 0 Å². The molecule has 1 aromatic heterocycles. The Morgan fingerprint density at radius 2 is 2.25 bits per heavy atom. The second-order valence-electron chi connectivity index (χ2n) is 4.77. The quantitative estimate of drug-likeness (QED) is 0.847. The molecule has 1 aromatic rings. The minimum Gasteiger partial charge on any atom is -0.472 e. The molecule has 1 saturated heterocycles. The van der Waals surface area contributed by atoms with Crippen molar-refractivity contribution in [2.75, 3.05) is 26.7 Å². The Bertz CT molecular complexity index is 289. The molecule has 2 rings (SSSR count). The third kappa shape index (κ3) is 2.66. The van der Waals surface area contributed by atoms with Crippen LogP contribution in [0.2, 0.25) is 0 Å². The fraction of sp³-hybridized carbons (Fsp3) is 0.692. The predicted molar refractivity (Wildman–Crippen MR) is 65.3 cm³/mol. The van der Waals surface area contributed by atoms with Crippen molar-refractivity contribution in [1.82, 2.24) is 10.2 Å². The lowest BCUT2D eigenvalue weighted by Crippen LogP contribution is -2.38. The molecule has 1 aliphatic rings. The van der Waals surface area contributed by atoms with Crippen molar-refractivity contribution in [3.05, 3.63) is 24.2 Å². The van der Waals surface area contributed by atoms with E-state index in [-0.39, 0.29) is 0 Å². The Balaban J connectivity index is 1.84. The zero-order chi connectivity index (χ0) is 11.4. The van der Waals surface area contributed by atoms with E-state index >= 15 is 0 Å². The topological polar surface area (TPSA) is 28.4 Å². The first-order valence-corrected chi connectivity index (χ1v) is 6.22. The summed E-state index contributed by atoms with van der Waals surface area (Å²) < 4.78 is 5.15. The fourth-order valence-electron chi connectivity index (χ4n) is 2.56. The summed E-state index contributed by atoms with van der Waals surface area (Å²) in [6.07, 6.45) is 6.25. The van der Waals surface area contributed by atoms with E-state index in [2.05, 4.69) is 23.2 Å². The Morgan fingerprint density at radius 1 is 1.50 bits per heavy atom. The molecule has 1 aliphatic heterocycles. The third-order valence-corrected chi connectivity index (χ3v) is 3.72. The molecule has 0 amide bonds. The number of likely N-dealkylation sites (tertiary alicyclic amines) is 1. The summed E-state index contributed by atoms with van der Waals surface area (Å²) in [6, 6.07) is 2.57. The van der Waals surface area contributed by atoms with Gasteiger partial charge in [-0.1, -0.05) is 0 Å². The largest absolute Gasteiger partial charge is 0.472 e. The normalized spacial score (nSPS) is 21.1. The van der Waals surface area contributed by atoms with Crippen LogP contribution in [0.5, 0.6) is 0 Å². The van der Waals surface area contributed by atoms with Crippen LogP contribution in [-0.4, -0.2) is 31.6 Å². The average Bonchev–Trinajstić information content (AvgIpc) is 2.83. The lowest BCUT2D eigenvalue weighted by Gasteiger charge is -2.35. The molecule has 0 bridgehead atoms. The van der Waals surface area contributed by atoms with Crippen molar-refractivity contribution >= 4 is 0 Å². The molecule has 1 N–H and O–H groups in total. The van der Waals surface area contributed by atoms with Gasteiger partial charge in [0.05, 0.1) is 12.5 Å². The van der Waals surface area contributed by atoms with Gasteiger partial charge in [0.15, 0.2) is 0 Å². The molecule has 3 nitrogen and oxygen atoms in total. The van der Waals surface area contributed by atoms with E-state index in [1.807, 2.05) is 13.3 Å². The van der Waals surface area contributed by atoms with Crippen LogP contribution in [0, 0.1) is 5.92 Å². The van der Waals surface area contributed by atoms with E-state index in [0.717, 1.165) is 12.5 Å². The van der Waals surface area contributed by atoms with Crippen LogP contribution in [0.25, 0.3) is 0 Å². The van der Waals surface area contributed by atoms with Gasteiger partial charge >= 0.3 is 0 Å². The summed E-state index contributed by atoms with van der Waals surface area (Å²) in [7, 11) is 2.04. The van der Waals surface area contributed by atoms with Gasteiger partial charge in [-0.3, -0.25) is 4.90 Å². The molecule has 1 unspecified atom stereocenters. The summed E-state index contributed by atoms with van der Waals surface area (Å²) in [5, 5.41) is 3.28. The van der Waals surface area contributed by atoms with E-state index < -0.39 is 0 Å². The molecule has 1 fully saturated rings. The first-order valence-electron chi connectivity index (χ1n) is 6.22. The van der Waals surface area contributed by atoms with Crippen molar-refractivity contribution in [2.45, 2.75) is 25.8 Å². The number of hydrogen-bond acceptors (Lipinski definition) is 3. The molecule has 16 heavy (non-hydrogen) atoms. The molecule has 3 heteroatoms. The molecular formula is C13H22N2O. The Kier molecular flexibility index (Phi) is 4.02. The van der Waals surface area contributed by atoms with Gasteiger partial charge < -0.3 is 9.73 Å². The molecule has 1 atom stereocenters. The maximum absolute atomic E-state index is 5.15. The third-order valence-electron chi connectivity index (χ3n) is 3.72. The molecule has 0 spiro atoms. The zero-order valence-electron chi connectivity index (χ0n) is 10.3. The maximum Gasteiger partial charge on any atom is 0.0950 e. The van der Waals surface area contributed by atoms with Crippen LogP contribution < -0.4 is 5.32 Å². The van der Waals surface area contributed by atoms with E-state index in [1.54, 1.807) is 6.26 Å². The van der Waals surface area contributed by atoms with Crippen molar-refractivity contribution in [2.24, 2.45) is 5.92 Å². The van der Waals surface area contributed by atoms with Gasteiger partial charge in [0, 0.05) is 11.6 Å². The van der Waals surface area contributed by atoms with Crippen molar-refractivity contribution in [3.63, 3.8) is 0 Å². The van der Waals surface area contributed by atoms with E-state index in [0.29, 0.717) is 6.04 Å². The highest BCUT2D eigenvalue weighted by Gasteiger charge is 2.23. The lowest BCUT2D eigenvalue weighted by atomic mass is 9.95. The van der Waals surface area contributed by atoms with Gasteiger partial charge in [-0.2, -0.15) is 0 Å². The maximum atomic E-state index is 5.15. The Morgan fingerprint density at radius 3 is 2.81 bits per heavy atom. The van der Waals surface area contributed by atoms with E-state index in [9.17, 15) is 0 Å². The smallest absolute Gasteiger partial charge is 0.0950 e. The molecule has 0 aliphatic carbocycles. The van der Waals surface area contributed by atoms with Crippen LogP contribution in [0.4, 0.5) is 0 Å². The summed E-state index contributed by atoms with van der Waals surface area (Å²) >= 11 is 0. The number of rotatable bonds is 4. The molecule has 90 valence electrons. The fourth-order valence-corrected chi connectivity index (χ4v) is 2.56. The second kappa shape index (κ2) is 5.51. The molecule has 0 aromatic carbocycles. The zero-order valence-corrected chi connectivity index (χ0v) is 10.3. The minimum absolute atomic E-state index is 0.495. The monoisotopic (exact) mass is 222 g/mol. The SMILES string of the molecule is CNCC1CCN(C(C)c2ccoc2)CC1. The van der Waals surface area contributed by atoms with Gasteiger partial charge in [0.2, 0.25) is 0 Å². The number of nitrogens with zero attached hydrogens (tertiary/aromatic N) is 1. The highest BCUT2D eigenvalue weighted by molar-refractivity contribution is 5.10. The van der Waals surface area contributed by atoms with Crippen LogP contribution >= 0.6 is 0 Å². The van der Waals surface area contributed by atoms with Crippen LogP contribution in [-0.2, 0) is 0 Å². The standard InChI is InChI=1S/C13H22N2O/c1-11(13-5-8-16-10-13)15-6-3-12(4-7-15)9-14-2/h5,8,10-12,14H,3-4,6-7,9H2,1-2H3. The van der Waals surface area contributed by atoms with Gasteiger partial charge in [-0.15, -0.1) is 0 Å². The molecule has 0 saturated carbocycles. The average molecular weight is 222 g/mol. The second-order valence-corrected chi connectivity index (χ2v) is 4.77. The highest BCUT2D eigenvalue weighted by atomic mass is 16.3. The minimum atomic E-state index is 0.495. The van der Waals surface area contributed by atoms with Crippen LogP contribution in [0.3, 0.4) is 0 Å². The first-order chi connectivity index (χ1) is 7.81. The summed E-state index contributed by atoms with van der Waals surface area (Å²) in [5.74, 6) is 0.859. The lowest BCUT2D eigenvalue weighted by molar-refractivity contribution is 0.140. The number of piperidine rings is 1. The number of furan rings is 1. The highest BCUT2D eigenvalue weighted by Crippen LogP contribution is 2.26. The Hall–Kier alpha value is -0.800. The first kappa shape index (κ1) is 11.7. The van der Waals surface area contributed by atoms with Crippen molar-refractivity contribution in [3.8, 4) is 0 Å². The predicted octanol–water partition coefficient (Wildman–Crippen LogP) is 2.27. The summed E-state index contributed by atoms with van der Waals surface area (Å²) in [5.41, 5.74) is 1.30. The molecule has 0 radical (unpaired) electrons. The summed E-state index contributed by atoms with van der Waals surface area (Å²) in [4.78, 5) is 2.55. The van der Waals surface area contributed by atoms with Crippen LogP contribution in [0.1, 0.15) is 31.4 Å². The number of nitrogens with one attached hydrogen (secondary N) is 1. The van der Waals surface area contributed by atoms with Gasteiger partial charge in [-0.05, 0) is 58.4 Å². The molecular weight excluding hydrogens is 200 g/mol. The van der Waals surface area contributed by atoms with E-state index in [4.69, 9.17) is 4.42 Å². The summed E-state index contributed by atoms with van der Waals surface area (Å²) in [6.45, 7) is 5.84. The number of hydrogen-bond donors (Lipinski definition) is 1. The van der Waals surface area contributed by atoms with Crippen molar-refractivity contribution < 1.29 is 4.42 Å². The van der Waals surface area contributed by atoms with Crippen LogP contribution in [0.15, 0.2) is 23.0 Å². The van der Waals surface area contributed by atoms with E-state index in [1.165, 1.54) is 31.5 Å².